The molecule has 0 spiro atoms. The topological polar surface area (TPSA) is 91.3 Å². The van der Waals surface area contributed by atoms with Crippen LogP contribution < -0.4 is 10.0 Å². The van der Waals surface area contributed by atoms with Crippen LogP contribution >= 0.6 is 0 Å². The van der Waals surface area contributed by atoms with Crippen molar-refractivity contribution in [1.29, 1.82) is 0 Å². The number of hydrogen-bond acceptors (Lipinski definition) is 5. The van der Waals surface area contributed by atoms with Gasteiger partial charge < -0.3 is 10.4 Å². The van der Waals surface area contributed by atoms with Crippen molar-refractivity contribution in [2.45, 2.75) is 17.7 Å². The average Bonchev–Trinajstić information content (AvgIpc) is 3.19. The summed E-state index contributed by atoms with van der Waals surface area (Å²) in [7, 11) is -3.44. The third-order valence-electron chi connectivity index (χ3n) is 2.72. The van der Waals surface area contributed by atoms with Crippen molar-refractivity contribution in [2.75, 3.05) is 25.0 Å². The van der Waals surface area contributed by atoms with E-state index in [1.54, 1.807) is 6.07 Å². The lowest BCUT2D eigenvalue weighted by molar-refractivity contribution is 0.311. The van der Waals surface area contributed by atoms with Gasteiger partial charge in [0.2, 0.25) is 10.0 Å². The first-order valence-electron chi connectivity index (χ1n) is 5.92. The Balaban J connectivity index is 1.98. The Morgan fingerprint density at radius 1 is 1.39 bits per heavy atom. The van der Waals surface area contributed by atoms with E-state index in [-0.39, 0.29) is 11.5 Å². The molecule has 3 N–H and O–H groups in total. The van der Waals surface area contributed by atoms with Gasteiger partial charge in [0.25, 0.3) is 0 Å². The van der Waals surface area contributed by atoms with Gasteiger partial charge in [-0.25, -0.2) is 18.1 Å². The Kier molecular flexibility index (Phi) is 4.15. The molecule has 100 valence electrons. The minimum Gasteiger partial charge on any atom is -0.395 e. The van der Waals surface area contributed by atoms with Crippen LogP contribution in [-0.2, 0) is 10.0 Å². The van der Waals surface area contributed by atoms with Crippen LogP contribution in [0.25, 0.3) is 0 Å². The zero-order valence-corrected chi connectivity index (χ0v) is 10.8. The van der Waals surface area contributed by atoms with Crippen LogP contribution in [0.4, 0.5) is 5.82 Å². The Hall–Kier alpha value is -1.18. The lowest BCUT2D eigenvalue weighted by Crippen LogP contribution is -2.26. The maximum atomic E-state index is 11.9. The quantitative estimate of drug-likeness (QED) is 0.658. The number of aromatic nitrogens is 1. The zero-order chi connectivity index (χ0) is 13.0. The lowest BCUT2D eigenvalue weighted by atomic mass is 10.4. The van der Waals surface area contributed by atoms with E-state index in [9.17, 15) is 8.42 Å². The van der Waals surface area contributed by atoms with E-state index in [4.69, 9.17) is 5.11 Å². The maximum absolute atomic E-state index is 11.9. The van der Waals surface area contributed by atoms with Gasteiger partial charge in [-0.1, -0.05) is 0 Å². The van der Waals surface area contributed by atoms with Crippen molar-refractivity contribution < 1.29 is 13.5 Å². The van der Waals surface area contributed by atoms with Crippen LogP contribution in [0, 0.1) is 5.92 Å². The molecule has 0 aliphatic heterocycles. The Morgan fingerprint density at radius 2 is 2.17 bits per heavy atom. The number of hydrogen-bond donors (Lipinski definition) is 3. The van der Waals surface area contributed by atoms with Crippen molar-refractivity contribution in [2.24, 2.45) is 5.92 Å². The molecule has 7 heteroatoms. The number of nitrogens with zero attached hydrogens (tertiary/aromatic N) is 1. The Bertz CT molecular complexity index is 483. The van der Waals surface area contributed by atoms with E-state index >= 15 is 0 Å². The molecular formula is C11H17N3O3S. The lowest BCUT2D eigenvalue weighted by Gasteiger charge is -2.07. The molecule has 0 bridgehead atoms. The summed E-state index contributed by atoms with van der Waals surface area (Å²) in [5, 5.41) is 11.5. The standard InChI is InChI=1S/C11H17N3O3S/c15-6-5-12-11-4-3-10(8-13-11)18(16,17)14-7-9-1-2-9/h3-4,8-9,14-15H,1-2,5-7H2,(H,12,13). The summed E-state index contributed by atoms with van der Waals surface area (Å²) < 4.78 is 26.3. The van der Waals surface area contributed by atoms with Crippen molar-refractivity contribution >= 4 is 15.8 Å². The van der Waals surface area contributed by atoms with Crippen molar-refractivity contribution in [3.05, 3.63) is 18.3 Å². The second kappa shape index (κ2) is 5.64. The van der Waals surface area contributed by atoms with Gasteiger partial charge in [0.1, 0.15) is 10.7 Å². The second-order valence-corrected chi connectivity index (χ2v) is 6.09. The fourth-order valence-electron chi connectivity index (χ4n) is 1.46. The van der Waals surface area contributed by atoms with Crippen LogP contribution in [0.1, 0.15) is 12.8 Å². The fourth-order valence-corrected chi connectivity index (χ4v) is 2.52. The predicted molar refractivity (Wildman–Crippen MR) is 67.7 cm³/mol. The van der Waals surface area contributed by atoms with Crippen LogP contribution in [0.3, 0.4) is 0 Å². The van der Waals surface area contributed by atoms with Crippen LogP contribution in [-0.4, -0.2) is 38.2 Å². The molecule has 0 unspecified atom stereocenters. The molecule has 2 rings (SSSR count). The van der Waals surface area contributed by atoms with Gasteiger partial charge in [-0.15, -0.1) is 0 Å². The summed E-state index contributed by atoms with van der Waals surface area (Å²) in [6.07, 6.45) is 3.52. The minimum atomic E-state index is -3.44. The van der Waals surface area contributed by atoms with E-state index in [2.05, 4.69) is 15.0 Å². The first-order valence-corrected chi connectivity index (χ1v) is 7.40. The molecule has 0 atom stereocenters. The van der Waals surface area contributed by atoms with Gasteiger partial charge in [0.15, 0.2) is 0 Å². The molecule has 0 amide bonds. The van der Waals surface area contributed by atoms with Gasteiger partial charge in [-0.2, -0.15) is 0 Å². The number of anilines is 1. The van der Waals surface area contributed by atoms with E-state index < -0.39 is 10.0 Å². The highest BCUT2D eigenvalue weighted by atomic mass is 32.2. The summed E-state index contributed by atoms with van der Waals surface area (Å²) in [5.74, 6) is 1.04. The van der Waals surface area contributed by atoms with Gasteiger partial charge in [0.05, 0.1) is 6.61 Å². The molecule has 1 saturated carbocycles. The van der Waals surface area contributed by atoms with Gasteiger partial charge in [0, 0.05) is 19.3 Å². The third-order valence-corrected chi connectivity index (χ3v) is 4.13. The largest absolute Gasteiger partial charge is 0.395 e. The molecule has 1 heterocycles. The summed E-state index contributed by atoms with van der Waals surface area (Å²) in [6.45, 7) is 0.899. The number of nitrogens with one attached hydrogen (secondary N) is 2. The molecule has 18 heavy (non-hydrogen) atoms. The van der Waals surface area contributed by atoms with Crippen molar-refractivity contribution in [3.8, 4) is 0 Å². The Morgan fingerprint density at radius 3 is 2.72 bits per heavy atom. The van der Waals surface area contributed by atoms with Gasteiger partial charge >= 0.3 is 0 Å². The highest BCUT2D eigenvalue weighted by Crippen LogP contribution is 2.28. The average molecular weight is 271 g/mol. The van der Waals surface area contributed by atoms with Gasteiger partial charge in [-0.3, -0.25) is 0 Å². The van der Waals surface area contributed by atoms with E-state index in [0.717, 1.165) is 12.8 Å². The summed E-state index contributed by atoms with van der Waals surface area (Å²) in [6, 6.07) is 3.09. The number of rotatable bonds is 7. The molecule has 1 aliphatic rings. The summed E-state index contributed by atoms with van der Waals surface area (Å²) in [5.41, 5.74) is 0. The van der Waals surface area contributed by atoms with E-state index in [1.165, 1.54) is 12.3 Å². The zero-order valence-electron chi connectivity index (χ0n) is 9.96. The molecule has 0 aromatic carbocycles. The molecular weight excluding hydrogens is 254 g/mol. The fraction of sp³-hybridized carbons (Fsp3) is 0.545. The normalized spacial score (nSPS) is 15.6. The van der Waals surface area contributed by atoms with Gasteiger partial charge in [-0.05, 0) is 30.9 Å². The molecule has 1 aromatic rings. The second-order valence-electron chi connectivity index (χ2n) is 4.32. The summed E-state index contributed by atoms with van der Waals surface area (Å²) >= 11 is 0. The molecule has 1 aliphatic carbocycles. The van der Waals surface area contributed by atoms with E-state index in [1.807, 2.05) is 0 Å². The number of aliphatic hydroxyl groups excluding tert-OH is 1. The highest BCUT2D eigenvalue weighted by Gasteiger charge is 2.24. The van der Waals surface area contributed by atoms with Crippen molar-refractivity contribution in [3.63, 3.8) is 0 Å². The number of aliphatic hydroxyl groups is 1. The highest BCUT2D eigenvalue weighted by molar-refractivity contribution is 7.89. The van der Waals surface area contributed by atoms with Crippen molar-refractivity contribution in [1.82, 2.24) is 9.71 Å². The van der Waals surface area contributed by atoms with Crippen LogP contribution in [0.15, 0.2) is 23.2 Å². The molecule has 6 nitrogen and oxygen atoms in total. The van der Waals surface area contributed by atoms with Crippen LogP contribution in [0.2, 0.25) is 0 Å². The first kappa shape index (κ1) is 13.3. The minimum absolute atomic E-state index is 0.00464. The first-order chi connectivity index (χ1) is 8.62. The van der Waals surface area contributed by atoms with E-state index in [0.29, 0.717) is 24.8 Å². The maximum Gasteiger partial charge on any atom is 0.242 e. The third kappa shape index (κ3) is 3.66. The van der Waals surface area contributed by atoms with Crippen LogP contribution in [0.5, 0.6) is 0 Å². The summed E-state index contributed by atoms with van der Waals surface area (Å²) in [4.78, 5) is 4.15. The SMILES string of the molecule is O=S(=O)(NCC1CC1)c1ccc(NCCO)nc1. The molecule has 1 aromatic heterocycles. The number of pyridine rings is 1. The monoisotopic (exact) mass is 271 g/mol. The predicted octanol–water partition coefficient (Wildman–Crippen LogP) is 0.174. The smallest absolute Gasteiger partial charge is 0.242 e. The molecule has 0 radical (unpaired) electrons. The Labute approximate surface area is 106 Å². The molecule has 0 saturated heterocycles. The number of sulfonamides is 1. The molecule has 1 fully saturated rings.